The van der Waals surface area contributed by atoms with Gasteiger partial charge in [-0.1, -0.05) is 15.9 Å². The van der Waals surface area contributed by atoms with E-state index in [2.05, 4.69) is 20.9 Å². The summed E-state index contributed by atoms with van der Waals surface area (Å²) in [6.07, 6.45) is -2.08. The SMILES string of the molecule is CC(C)(C)OC(=O)OCc1nc2cc(Br)ccc2n1C(=O)O. The summed E-state index contributed by atoms with van der Waals surface area (Å²) in [5.41, 5.74) is 0.215. The Balaban J connectivity index is 2.25. The van der Waals surface area contributed by atoms with Gasteiger partial charge in [-0.05, 0) is 39.0 Å². The monoisotopic (exact) mass is 370 g/mol. The first kappa shape index (κ1) is 16.3. The van der Waals surface area contributed by atoms with Crippen molar-refractivity contribution < 1.29 is 24.2 Å². The van der Waals surface area contributed by atoms with Gasteiger partial charge in [-0.15, -0.1) is 0 Å². The minimum Gasteiger partial charge on any atom is -0.464 e. The summed E-state index contributed by atoms with van der Waals surface area (Å²) in [5, 5.41) is 9.31. The molecule has 0 aliphatic carbocycles. The topological polar surface area (TPSA) is 90.7 Å². The Morgan fingerprint density at radius 3 is 2.64 bits per heavy atom. The van der Waals surface area contributed by atoms with Gasteiger partial charge >= 0.3 is 12.2 Å². The van der Waals surface area contributed by atoms with E-state index in [1.54, 1.807) is 39.0 Å². The Bertz CT molecular complexity index is 733. The van der Waals surface area contributed by atoms with Gasteiger partial charge in [-0.3, -0.25) is 0 Å². The van der Waals surface area contributed by atoms with Crippen LogP contribution in [0.1, 0.15) is 26.6 Å². The summed E-state index contributed by atoms with van der Waals surface area (Å²) in [5.74, 6) is 0.103. The lowest BCUT2D eigenvalue weighted by Gasteiger charge is -2.18. The average molecular weight is 371 g/mol. The molecule has 0 aliphatic rings. The van der Waals surface area contributed by atoms with Crippen LogP contribution in [0.25, 0.3) is 11.0 Å². The average Bonchev–Trinajstić information content (AvgIpc) is 2.71. The van der Waals surface area contributed by atoms with Crippen LogP contribution in [0.4, 0.5) is 9.59 Å². The first-order valence-electron chi connectivity index (χ1n) is 6.43. The first-order chi connectivity index (χ1) is 10.2. The van der Waals surface area contributed by atoms with Crippen molar-refractivity contribution in [1.82, 2.24) is 9.55 Å². The van der Waals surface area contributed by atoms with Crippen molar-refractivity contribution in [2.45, 2.75) is 33.0 Å². The molecular formula is C14H15BrN2O5. The molecule has 0 spiro atoms. The van der Waals surface area contributed by atoms with Crippen molar-refractivity contribution in [2.24, 2.45) is 0 Å². The number of hydrogen-bond acceptors (Lipinski definition) is 5. The van der Waals surface area contributed by atoms with E-state index >= 15 is 0 Å². The molecule has 1 aromatic heterocycles. The third kappa shape index (κ3) is 3.76. The molecule has 0 saturated heterocycles. The highest BCUT2D eigenvalue weighted by Crippen LogP contribution is 2.21. The second-order valence-corrected chi connectivity index (χ2v) is 6.45. The summed E-state index contributed by atoms with van der Waals surface area (Å²) in [6, 6.07) is 5.02. The van der Waals surface area contributed by atoms with Crippen molar-refractivity contribution >= 4 is 39.2 Å². The van der Waals surface area contributed by atoms with E-state index in [-0.39, 0.29) is 12.4 Å². The molecule has 0 unspecified atom stereocenters. The fourth-order valence-corrected chi connectivity index (χ4v) is 2.17. The highest BCUT2D eigenvalue weighted by Gasteiger charge is 2.21. The van der Waals surface area contributed by atoms with Crippen molar-refractivity contribution in [2.75, 3.05) is 0 Å². The van der Waals surface area contributed by atoms with Gasteiger partial charge in [0.2, 0.25) is 0 Å². The van der Waals surface area contributed by atoms with Crippen LogP contribution in [0.2, 0.25) is 0 Å². The third-order valence-electron chi connectivity index (χ3n) is 2.59. The zero-order valence-electron chi connectivity index (χ0n) is 12.3. The van der Waals surface area contributed by atoms with Gasteiger partial charge in [-0.2, -0.15) is 0 Å². The van der Waals surface area contributed by atoms with E-state index in [0.717, 1.165) is 9.04 Å². The smallest absolute Gasteiger partial charge is 0.464 e. The number of carbonyl (C=O) groups is 2. The van der Waals surface area contributed by atoms with Crippen molar-refractivity contribution in [3.63, 3.8) is 0 Å². The molecule has 7 nitrogen and oxygen atoms in total. The van der Waals surface area contributed by atoms with Gasteiger partial charge in [-0.25, -0.2) is 19.1 Å². The molecule has 2 aromatic rings. The number of nitrogens with zero attached hydrogens (tertiary/aromatic N) is 2. The number of rotatable bonds is 2. The van der Waals surface area contributed by atoms with Crippen molar-refractivity contribution in [3.05, 3.63) is 28.5 Å². The summed E-state index contributed by atoms with van der Waals surface area (Å²) in [7, 11) is 0. The van der Waals surface area contributed by atoms with Crippen LogP contribution in [0.5, 0.6) is 0 Å². The van der Waals surface area contributed by atoms with E-state index in [1.165, 1.54) is 0 Å². The number of fused-ring (bicyclic) bond motifs is 1. The number of carboxylic acid groups (broad SMARTS) is 1. The van der Waals surface area contributed by atoms with Crippen molar-refractivity contribution in [1.29, 1.82) is 0 Å². The molecule has 0 fully saturated rings. The molecular weight excluding hydrogens is 356 g/mol. The molecule has 0 amide bonds. The second-order valence-electron chi connectivity index (χ2n) is 5.53. The van der Waals surface area contributed by atoms with Gasteiger partial charge in [0, 0.05) is 4.47 Å². The summed E-state index contributed by atoms with van der Waals surface area (Å²) < 4.78 is 11.7. The van der Waals surface area contributed by atoms with Gasteiger partial charge in [0.15, 0.2) is 12.4 Å². The maximum atomic E-state index is 11.5. The van der Waals surface area contributed by atoms with E-state index < -0.39 is 17.8 Å². The van der Waals surface area contributed by atoms with E-state index in [9.17, 15) is 14.7 Å². The molecule has 1 aromatic carbocycles. The molecule has 22 heavy (non-hydrogen) atoms. The number of carbonyl (C=O) groups excluding carboxylic acids is 1. The molecule has 0 saturated carbocycles. The Kier molecular flexibility index (Phi) is 4.41. The Morgan fingerprint density at radius 2 is 2.05 bits per heavy atom. The number of hydrogen-bond donors (Lipinski definition) is 1. The number of imidazole rings is 1. The van der Waals surface area contributed by atoms with Gasteiger partial charge in [0.1, 0.15) is 5.60 Å². The first-order valence-corrected chi connectivity index (χ1v) is 7.22. The summed E-state index contributed by atoms with van der Waals surface area (Å²) in [4.78, 5) is 27.1. The molecule has 0 radical (unpaired) electrons. The van der Waals surface area contributed by atoms with Crippen LogP contribution in [0.15, 0.2) is 22.7 Å². The van der Waals surface area contributed by atoms with E-state index in [0.29, 0.717) is 11.0 Å². The number of ether oxygens (including phenoxy) is 2. The molecule has 0 atom stereocenters. The molecule has 0 bridgehead atoms. The maximum Gasteiger partial charge on any atom is 0.509 e. The Labute approximate surface area is 135 Å². The minimum absolute atomic E-state index is 0.103. The Morgan fingerprint density at radius 1 is 1.36 bits per heavy atom. The molecule has 1 N–H and O–H groups in total. The normalized spacial score (nSPS) is 11.5. The third-order valence-corrected chi connectivity index (χ3v) is 3.08. The molecule has 0 aliphatic heterocycles. The van der Waals surface area contributed by atoms with E-state index in [4.69, 9.17) is 9.47 Å². The molecule has 8 heteroatoms. The standard InChI is InChI=1S/C14H15BrN2O5/c1-14(2,3)22-13(20)21-7-11-16-9-6-8(15)4-5-10(9)17(11)12(18)19/h4-6H,7H2,1-3H3,(H,18,19). The van der Waals surface area contributed by atoms with Crippen LogP contribution >= 0.6 is 15.9 Å². The maximum absolute atomic E-state index is 11.5. The van der Waals surface area contributed by atoms with Gasteiger partial charge in [0.05, 0.1) is 11.0 Å². The largest absolute Gasteiger partial charge is 0.509 e. The Hall–Kier alpha value is -2.09. The van der Waals surface area contributed by atoms with Crippen LogP contribution in [-0.2, 0) is 16.1 Å². The lowest BCUT2D eigenvalue weighted by Crippen LogP contribution is -2.25. The fourth-order valence-electron chi connectivity index (χ4n) is 1.82. The highest BCUT2D eigenvalue weighted by atomic mass is 79.9. The number of aromatic nitrogens is 2. The number of benzene rings is 1. The lowest BCUT2D eigenvalue weighted by atomic mass is 10.2. The van der Waals surface area contributed by atoms with E-state index in [1.807, 2.05) is 0 Å². The second kappa shape index (κ2) is 5.96. The zero-order chi connectivity index (χ0) is 16.5. The van der Waals surface area contributed by atoms with Crippen LogP contribution in [0.3, 0.4) is 0 Å². The zero-order valence-corrected chi connectivity index (χ0v) is 13.9. The van der Waals surface area contributed by atoms with Crippen LogP contribution < -0.4 is 0 Å². The molecule has 118 valence electrons. The number of halogens is 1. The highest BCUT2D eigenvalue weighted by molar-refractivity contribution is 9.10. The predicted octanol–water partition coefficient (Wildman–Crippen LogP) is 3.78. The summed E-state index contributed by atoms with van der Waals surface area (Å²) >= 11 is 3.30. The van der Waals surface area contributed by atoms with Gasteiger partial charge < -0.3 is 14.6 Å². The molecule has 2 rings (SSSR count). The fraction of sp³-hybridized carbons (Fsp3) is 0.357. The predicted molar refractivity (Wildman–Crippen MR) is 81.9 cm³/mol. The quantitative estimate of drug-likeness (QED) is 0.808. The van der Waals surface area contributed by atoms with Crippen LogP contribution in [-0.4, -0.2) is 32.5 Å². The lowest BCUT2D eigenvalue weighted by molar-refractivity contribution is -0.0120. The molecule has 1 heterocycles. The van der Waals surface area contributed by atoms with Crippen LogP contribution in [0, 0.1) is 0 Å². The minimum atomic E-state index is -1.20. The van der Waals surface area contributed by atoms with Crippen molar-refractivity contribution in [3.8, 4) is 0 Å². The summed E-state index contributed by atoms with van der Waals surface area (Å²) in [6.45, 7) is 4.82. The van der Waals surface area contributed by atoms with Gasteiger partial charge in [0.25, 0.3) is 0 Å².